The summed E-state index contributed by atoms with van der Waals surface area (Å²) in [6, 6.07) is 4.46. The Kier molecular flexibility index (Phi) is 3.74. The van der Waals surface area contributed by atoms with Gasteiger partial charge in [0.25, 0.3) is 5.56 Å². The van der Waals surface area contributed by atoms with Crippen LogP contribution in [0.3, 0.4) is 0 Å². The molecule has 0 amide bonds. The summed E-state index contributed by atoms with van der Waals surface area (Å²) >= 11 is 0. The van der Waals surface area contributed by atoms with Crippen LogP contribution in [-0.4, -0.2) is 14.5 Å². The summed E-state index contributed by atoms with van der Waals surface area (Å²) in [6.07, 6.45) is 4.11. The highest BCUT2D eigenvalue weighted by Crippen LogP contribution is 2.39. The molecule has 130 valence electrons. The third kappa shape index (κ3) is 2.62. The van der Waals surface area contributed by atoms with Gasteiger partial charge in [0.2, 0.25) is 0 Å². The predicted molar refractivity (Wildman–Crippen MR) is 89.4 cm³/mol. The Labute approximate surface area is 146 Å². The van der Waals surface area contributed by atoms with Crippen molar-refractivity contribution in [1.82, 2.24) is 14.5 Å². The number of pyridine rings is 1. The van der Waals surface area contributed by atoms with Gasteiger partial charge >= 0.3 is 0 Å². The van der Waals surface area contributed by atoms with Crippen LogP contribution >= 0.6 is 0 Å². The van der Waals surface area contributed by atoms with Gasteiger partial charge in [-0.05, 0) is 30.9 Å². The predicted octanol–water partition coefficient (Wildman–Crippen LogP) is 2.34. The molecule has 1 aliphatic carbocycles. The molecule has 26 heavy (non-hydrogen) atoms. The van der Waals surface area contributed by atoms with Gasteiger partial charge in [-0.25, -0.2) is 13.8 Å². The van der Waals surface area contributed by atoms with E-state index in [2.05, 4.69) is 9.97 Å². The number of benzene rings is 1. The lowest BCUT2D eigenvalue weighted by Crippen LogP contribution is -2.30. The van der Waals surface area contributed by atoms with Gasteiger partial charge < -0.3 is 5.73 Å². The van der Waals surface area contributed by atoms with Crippen LogP contribution in [0.15, 0.2) is 35.4 Å². The minimum atomic E-state index is -0.726. The van der Waals surface area contributed by atoms with Gasteiger partial charge in [-0.15, -0.1) is 0 Å². The van der Waals surface area contributed by atoms with E-state index in [1.54, 1.807) is 0 Å². The van der Waals surface area contributed by atoms with Crippen molar-refractivity contribution < 1.29 is 8.78 Å². The van der Waals surface area contributed by atoms with E-state index in [0.29, 0.717) is 0 Å². The SMILES string of the molecule is N#Cc1cc(F)cc2c(=O)n(-c3cncc(F)c3)c(C(N)C3CC3)nc12. The second-order valence-electron chi connectivity index (χ2n) is 6.30. The number of rotatable bonds is 3. The van der Waals surface area contributed by atoms with Crippen molar-refractivity contribution in [2.24, 2.45) is 11.7 Å². The van der Waals surface area contributed by atoms with Crippen LogP contribution in [0.1, 0.15) is 30.3 Å². The average Bonchev–Trinajstić information content (AvgIpc) is 3.46. The second-order valence-corrected chi connectivity index (χ2v) is 6.30. The van der Waals surface area contributed by atoms with Crippen LogP contribution in [0, 0.1) is 28.9 Å². The molecule has 2 aromatic heterocycles. The lowest BCUT2D eigenvalue weighted by Gasteiger charge is -2.18. The zero-order valence-electron chi connectivity index (χ0n) is 13.5. The van der Waals surface area contributed by atoms with Crippen molar-refractivity contribution in [2.75, 3.05) is 0 Å². The number of fused-ring (bicyclic) bond motifs is 1. The first-order chi connectivity index (χ1) is 12.5. The number of nitrogens with two attached hydrogens (primary N) is 1. The van der Waals surface area contributed by atoms with E-state index in [-0.39, 0.29) is 33.9 Å². The normalized spacial score (nSPS) is 15.0. The van der Waals surface area contributed by atoms with Crippen molar-refractivity contribution in [2.45, 2.75) is 18.9 Å². The quantitative estimate of drug-likeness (QED) is 0.779. The molecule has 1 fully saturated rings. The molecule has 2 N–H and O–H groups in total. The molecule has 1 atom stereocenters. The first kappa shape index (κ1) is 16.3. The van der Waals surface area contributed by atoms with Gasteiger partial charge in [-0.2, -0.15) is 5.26 Å². The molecular formula is C18H13F2N5O. The minimum absolute atomic E-state index is 0.0501. The fourth-order valence-corrected chi connectivity index (χ4v) is 3.02. The van der Waals surface area contributed by atoms with Crippen LogP contribution in [0.2, 0.25) is 0 Å². The Morgan fingerprint density at radius 3 is 2.65 bits per heavy atom. The first-order valence-corrected chi connectivity index (χ1v) is 8.02. The highest BCUT2D eigenvalue weighted by atomic mass is 19.1. The fraction of sp³-hybridized carbons (Fsp3) is 0.222. The van der Waals surface area contributed by atoms with E-state index in [9.17, 15) is 18.8 Å². The largest absolute Gasteiger partial charge is 0.321 e. The molecule has 8 heteroatoms. The molecule has 0 radical (unpaired) electrons. The van der Waals surface area contributed by atoms with Crippen molar-refractivity contribution in [3.05, 3.63) is 64.0 Å². The number of aromatic nitrogens is 3. The number of nitrogens with zero attached hydrogens (tertiary/aromatic N) is 4. The highest BCUT2D eigenvalue weighted by Gasteiger charge is 2.33. The molecule has 1 aliphatic rings. The lowest BCUT2D eigenvalue weighted by atomic mass is 10.1. The molecule has 1 saturated carbocycles. The smallest absolute Gasteiger partial charge is 0.266 e. The van der Waals surface area contributed by atoms with Gasteiger partial charge in [0.05, 0.1) is 40.6 Å². The standard InChI is InChI=1S/C18H13F2N5O/c19-11-3-10(6-21)16-14(5-11)18(26)25(13-4-12(20)7-23-8-13)17(24-16)15(22)9-1-2-9/h3-5,7-9,15H,1-2,22H2. The summed E-state index contributed by atoms with van der Waals surface area (Å²) in [4.78, 5) is 21.2. The topological polar surface area (TPSA) is 97.6 Å². The van der Waals surface area contributed by atoms with Crippen LogP contribution in [0.25, 0.3) is 16.6 Å². The molecule has 0 aliphatic heterocycles. The van der Waals surface area contributed by atoms with Crippen molar-refractivity contribution in [3.8, 4) is 11.8 Å². The maximum atomic E-state index is 13.8. The molecule has 4 rings (SSSR count). The summed E-state index contributed by atoms with van der Waals surface area (Å²) in [5.74, 6) is -0.993. The maximum Gasteiger partial charge on any atom is 0.266 e. The van der Waals surface area contributed by atoms with Gasteiger partial charge in [0.1, 0.15) is 23.5 Å². The van der Waals surface area contributed by atoms with Crippen LogP contribution in [0.5, 0.6) is 0 Å². The van der Waals surface area contributed by atoms with Crippen molar-refractivity contribution >= 4 is 10.9 Å². The number of nitriles is 1. The second kappa shape index (κ2) is 5.97. The Morgan fingerprint density at radius 1 is 1.23 bits per heavy atom. The minimum Gasteiger partial charge on any atom is -0.321 e. The zero-order chi connectivity index (χ0) is 18.4. The Hall–Kier alpha value is -3.18. The van der Waals surface area contributed by atoms with Gasteiger partial charge in [-0.1, -0.05) is 0 Å². The average molecular weight is 353 g/mol. The molecule has 3 aromatic rings. The number of halogens is 2. The Bertz CT molecular complexity index is 1130. The summed E-state index contributed by atoms with van der Waals surface area (Å²) in [6.45, 7) is 0. The van der Waals surface area contributed by atoms with Crippen LogP contribution in [-0.2, 0) is 0 Å². The summed E-state index contributed by atoms with van der Waals surface area (Å²) in [5, 5.41) is 9.20. The molecular weight excluding hydrogens is 340 g/mol. The van der Waals surface area contributed by atoms with Crippen molar-refractivity contribution in [3.63, 3.8) is 0 Å². The molecule has 6 nitrogen and oxygen atoms in total. The van der Waals surface area contributed by atoms with Crippen molar-refractivity contribution in [1.29, 1.82) is 5.26 Å². The molecule has 1 aromatic carbocycles. The van der Waals surface area contributed by atoms with E-state index < -0.39 is 23.2 Å². The lowest BCUT2D eigenvalue weighted by molar-refractivity contribution is 0.570. The number of hydrogen-bond acceptors (Lipinski definition) is 5. The van der Waals surface area contributed by atoms with Crippen LogP contribution < -0.4 is 11.3 Å². The van der Waals surface area contributed by atoms with E-state index in [1.807, 2.05) is 6.07 Å². The third-order valence-electron chi connectivity index (χ3n) is 4.46. The van der Waals surface area contributed by atoms with E-state index in [4.69, 9.17) is 5.73 Å². The summed E-state index contributed by atoms with van der Waals surface area (Å²) < 4.78 is 28.6. The molecule has 2 heterocycles. The molecule has 0 spiro atoms. The van der Waals surface area contributed by atoms with E-state index in [1.165, 1.54) is 6.20 Å². The van der Waals surface area contributed by atoms with Gasteiger partial charge in [0, 0.05) is 6.07 Å². The molecule has 1 unspecified atom stereocenters. The zero-order valence-corrected chi connectivity index (χ0v) is 13.5. The first-order valence-electron chi connectivity index (χ1n) is 8.02. The fourth-order valence-electron chi connectivity index (χ4n) is 3.02. The third-order valence-corrected chi connectivity index (χ3v) is 4.46. The van der Waals surface area contributed by atoms with E-state index in [0.717, 1.165) is 41.8 Å². The maximum absolute atomic E-state index is 13.8. The molecule has 0 saturated heterocycles. The summed E-state index contributed by atoms with van der Waals surface area (Å²) in [5.41, 5.74) is 5.83. The Morgan fingerprint density at radius 2 is 2.00 bits per heavy atom. The van der Waals surface area contributed by atoms with E-state index >= 15 is 0 Å². The van der Waals surface area contributed by atoms with Crippen LogP contribution in [0.4, 0.5) is 8.78 Å². The van der Waals surface area contributed by atoms with Gasteiger partial charge in [0.15, 0.2) is 0 Å². The monoisotopic (exact) mass is 353 g/mol. The highest BCUT2D eigenvalue weighted by molar-refractivity contribution is 5.83. The van der Waals surface area contributed by atoms with Gasteiger partial charge in [-0.3, -0.25) is 14.3 Å². The Balaban J connectivity index is 2.11. The summed E-state index contributed by atoms with van der Waals surface area (Å²) in [7, 11) is 0. The molecule has 0 bridgehead atoms. The number of hydrogen-bond donors (Lipinski definition) is 1.